The second-order valence-electron chi connectivity index (χ2n) is 5.20. The Morgan fingerprint density at radius 2 is 2.00 bits per heavy atom. The number of nitro benzene ring substituents is 1. The van der Waals surface area contributed by atoms with Crippen LogP contribution in [-0.4, -0.2) is 30.3 Å². The number of ether oxygens (including phenoxy) is 2. The lowest BCUT2D eigenvalue weighted by Gasteiger charge is -2.13. The van der Waals surface area contributed by atoms with E-state index in [4.69, 9.17) is 9.47 Å². The number of non-ortho nitro benzene ring substituents is 1. The monoisotopic (exact) mass is 435 g/mol. The lowest BCUT2D eigenvalue weighted by Crippen LogP contribution is -2.17. The highest BCUT2D eigenvalue weighted by Crippen LogP contribution is 2.36. The molecule has 0 aliphatic carbocycles. The maximum Gasteiger partial charge on any atom is 0.271 e. The van der Waals surface area contributed by atoms with Crippen LogP contribution >= 0.6 is 15.9 Å². The Labute approximate surface area is 164 Å². The highest BCUT2D eigenvalue weighted by molar-refractivity contribution is 9.10. The summed E-state index contributed by atoms with van der Waals surface area (Å²) in [5.41, 5.74) is 3.00. The fourth-order valence-corrected chi connectivity index (χ4v) is 2.77. The van der Waals surface area contributed by atoms with Crippen molar-refractivity contribution in [2.45, 2.75) is 13.8 Å². The molecule has 2 aromatic rings. The highest BCUT2D eigenvalue weighted by atomic mass is 79.9. The van der Waals surface area contributed by atoms with E-state index < -0.39 is 10.8 Å². The van der Waals surface area contributed by atoms with Crippen molar-refractivity contribution in [1.82, 2.24) is 5.43 Å². The van der Waals surface area contributed by atoms with E-state index in [0.717, 1.165) is 0 Å². The predicted octanol–water partition coefficient (Wildman–Crippen LogP) is 3.92. The third-order valence-corrected chi connectivity index (χ3v) is 3.91. The molecule has 0 saturated carbocycles. The average molecular weight is 436 g/mol. The molecule has 0 saturated heterocycles. The number of carbonyl (C=O) groups is 1. The second-order valence-corrected chi connectivity index (χ2v) is 6.06. The summed E-state index contributed by atoms with van der Waals surface area (Å²) in [7, 11) is 0. The highest BCUT2D eigenvalue weighted by Gasteiger charge is 2.12. The number of carbonyl (C=O) groups excluding carboxylic acids is 1. The van der Waals surface area contributed by atoms with Gasteiger partial charge in [-0.1, -0.05) is 6.07 Å². The van der Waals surface area contributed by atoms with Crippen molar-refractivity contribution in [3.05, 3.63) is 62.1 Å². The first-order valence-electron chi connectivity index (χ1n) is 8.13. The van der Waals surface area contributed by atoms with Crippen LogP contribution in [0.5, 0.6) is 11.5 Å². The van der Waals surface area contributed by atoms with Gasteiger partial charge in [-0.15, -0.1) is 0 Å². The van der Waals surface area contributed by atoms with Gasteiger partial charge in [-0.3, -0.25) is 14.9 Å². The smallest absolute Gasteiger partial charge is 0.271 e. The molecule has 1 N–H and O–H groups in total. The average Bonchev–Trinajstić information content (AvgIpc) is 2.64. The molecule has 2 aromatic carbocycles. The molecule has 0 atom stereocenters. The molecule has 0 spiro atoms. The largest absolute Gasteiger partial charge is 0.490 e. The van der Waals surface area contributed by atoms with Crippen molar-refractivity contribution in [1.29, 1.82) is 0 Å². The molecule has 0 radical (unpaired) electrons. The number of hydrogen-bond acceptors (Lipinski definition) is 6. The van der Waals surface area contributed by atoms with E-state index in [1.165, 1.54) is 30.5 Å². The van der Waals surface area contributed by atoms with Crippen molar-refractivity contribution in [3.8, 4) is 11.5 Å². The van der Waals surface area contributed by atoms with Crippen LogP contribution in [0.2, 0.25) is 0 Å². The van der Waals surface area contributed by atoms with Crippen LogP contribution < -0.4 is 14.9 Å². The first kappa shape index (κ1) is 20.4. The van der Waals surface area contributed by atoms with Crippen LogP contribution in [0.15, 0.2) is 46.0 Å². The Morgan fingerprint density at radius 1 is 1.26 bits per heavy atom. The van der Waals surface area contributed by atoms with Gasteiger partial charge in [0.15, 0.2) is 11.5 Å². The van der Waals surface area contributed by atoms with Crippen LogP contribution in [0.1, 0.15) is 29.8 Å². The van der Waals surface area contributed by atoms with Gasteiger partial charge in [-0.25, -0.2) is 5.43 Å². The number of halogens is 1. The molecule has 27 heavy (non-hydrogen) atoms. The molecule has 142 valence electrons. The Kier molecular flexibility index (Phi) is 7.30. The summed E-state index contributed by atoms with van der Waals surface area (Å²) in [4.78, 5) is 22.3. The van der Waals surface area contributed by atoms with Crippen molar-refractivity contribution >= 4 is 33.7 Å². The van der Waals surface area contributed by atoms with E-state index in [1.54, 1.807) is 12.1 Å². The van der Waals surface area contributed by atoms with Gasteiger partial charge in [-0.05, 0) is 53.5 Å². The summed E-state index contributed by atoms with van der Waals surface area (Å²) in [5.74, 6) is 0.599. The van der Waals surface area contributed by atoms with E-state index in [9.17, 15) is 14.9 Å². The van der Waals surface area contributed by atoms with Crippen LogP contribution in [0.25, 0.3) is 0 Å². The molecule has 0 bridgehead atoms. The summed E-state index contributed by atoms with van der Waals surface area (Å²) in [6.07, 6.45) is 1.44. The number of amides is 1. The molecular weight excluding hydrogens is 418 g/mol. The summed E-state index contributed by atoms with van der Waals surface area (Å²) in [6.45, 7) is 4.70. The van der Waals surface area contributed by atoms with E-state index in [0.29, 0.717) is 34.7 Å². The topological polar surface area (TPSA) is 103 Å². The first-order valence-corrected chi connectivity index (χ1v) is 8.92. The number of rotatable bonds is 8. The lowest BCUT2D eigenvalue weighted by atomic mass is 10.2. The van der Waals surface area contributed by atoms with Crippen molar-refractivity contribution < 1.29 is 19.2 Å². The minimum Gasteiger partial charge on any atom is -0.490 e. The second kappa shape index (κ2) is 9.67. The Bertz CT molecular complexity index is 870. The standard InChI is InChI=1S/C18H18BrN3O5/c1-3-26-16-9-12(8-15(19)17(16)27-4-2)11-20-21-18(23)13-6-5-7-14(10-13)22(24)25/h5-11H,3-4H2,1-2H3,(H,21,23)/b20-11+. The zero-order valence-corrected chi connectivity index (χ0v) is 16.4. The Morgan fingerprint density at radius 3 is 2.67 bits per heavy atom. The number of nitrogens with one attached hydrogen (secondary N) is 1. The molecule has 0 unspecified atom stereocenters. The van der Waals surface area contributed by atoms with Gasteiger partial charge in [0, 0.05) is 17.7 Å². The van der Waals surface area contributed by atoms with Gasteiger partial charge in [0.25, 0.3) is 11.6 Å². The number of nitro groups is 1. The fraction of sp³-hybridized carbons (Fsp3) is 0.222. The molecule has 0 aliphatic rings. The zero-order chi connectivity index (χ0) is 19.8. The molecular formula is C18H18BrN3O5. The van der Waals surface area contributed by atoms with Crippen molar-refractivity contribution in [2.75, 3.05) is 13.2 Å². The van der Waals surface area contributed by atoms with Crippen LogP contribution in [0.3, 0.4) is 0 Å². The van der Waals surface area contributed by atoms with Gasteiger partial charge in [0.1, 0.15) is 0 Å². The van der Waals surface area contributed by atoms with Crippen LogP contribution in [0, 0.1) is 10.1 Å². The van der Waals surface area contributed by atoms with Gasteiger partial charge in [-0.2, -0.15) is 5.10 Å². The van der Waals surface area contributed by atoms with Crippen molar-refractivity contribution in [2.24, 2.45) is 5.10 Å². The van der Waals surface area contributed by atoms with Gasteiger partial charge < -0.3 is 9.47 Å². The van der Waals surface area contributed by atoms with E-state index in [-0.39, 0.29) is 11.3 Å². The van der Waals surface area contributed by atoms with E-state index in [2.05, 4.69) is 26.5 Å². The molecule has 8 nitrogen and oxygen atoms in total. The third kappa shape index (κ3) is 5.52. The molecule has 0 fully saturated rings. The summed E-state index contributed by atoms with van der Waals surface area (Å²) < 4.78 is 11.8. The van der Waals surface area contributed by atoms with E-state index >= 15 is 0 Å². The zero-order valence-electron chi connectivity index (χ0n) is 14.8. The minimum absolute atomic E-state index is 0.143. The van der Waals surface area contributed by atoms with Crippen LogP contribution in [-0.2, 0) is 0 Å². The fourth-order valence-electron chi connectivity index (χ4n) is 2.20. The summed E-state index contributed by atoms with van der Waals surface area (Å²) >= 11 is 3.43. The third-order valence-electron chi connectivity index (χ3n) is 3.32. The lowest BCUT2D eigenvalue weighted by molar-refractivity contribution is -0.384. The summed E-state index contributed by atoms with van der Waals surface area (Å²) in [6, 6.07) is 8.92. The Balaban J connectivity index is 2.14. The maximum absolute atomic E-state index is 12.1. The maximum atomic E-state index is 12.1. The minimum atomic E-state index is -0.563. The Hall–Kier alpha value is -2.94. The number of hydrogen-bond donors (Lipinski definition) is 1. The van der Waals surface area contributed by atoms with Gasteiger partial charge in [0.05, 0.1) is 28.8 Å². The molecule has 0 aliphatic heterocycles. The first-order chi connectivity index (χ1) is 13.0. The predicted molar refractivity (Wildman–Crippen MR) is 105 cm³/mol. The molecule has 0 aromatic heterocycles. The SMILES string of the molecule is CCOc1cc(/C=N/NC(=O)c2cccc([N+](=O)[O-])c2)cc(Br)c1OCC. The van der Waals surface area contributed by atoms with Gasteiger partial charge >= 0.3 is 0 Å². The quantitative estimate of drug-likeness (QED) is 0.384. The number of hydrazone groups is 1. The van der Waals surface area contributed by atoms with Gasteiger partial charge in [0.2, 0.25) is 0 Å². The number of nitrogens with zero attached hydrogens (tertiary/aromatic N) is 2. The van der Waals surface area contributed by atoms with E-state index in [1.807, 2.05) is 13.8 Å². The summed E-state index contributed by atoms with van der Waals surface area (Å²) in [5, 5.41) is 14.7. The number of benzene rings is 2. The molecule has 1 amide bonds. The normalized spacial score (nSPS) is 10.6. The molecule has 0 heterocycles. The van der Waals surface area contributed by atoms with Crippen molar-refractivity contribution in [3.63, 3.8) is 0 Å². The van der Waals surface area contributed by atoms with Crippen LogP contribution in [0.4, 0.5) is 5.69 Å². The molecule has 9 heteroatoms. The molecule has 2 rings (SSSR count).